The van der Waals surface area contributed by atoms with Gasteiger partial charge in [-0.1, -0.05) is 0 Å². The van der Waals surface area contributed by atoms with Gasteiger partial charge < -0.3 is 9.47 Å². The molecule has 0 saturated heterocycles. The fourth-order valence-electron chi connectivity index (χ4n) is 0.857. The van der Waals surface area contributed by atoms with E-state index >= 15 is 0 Å². The van der Waals surface area contributed by atoms with Gasteiger partial charge >= 0.3 is 0 Å². The summed E-state index contributed by atoms with van der Waals surface area (Å²) in [5, 5.41) is 0. The van der Waals surface area contributed by atoms with Gasteiger partial charge in [0.15, 0.2) is 5.78 Å². The lowest BCUT2D eigenvalue weighted by Crippen LogP contribution is -2.06. The zero-order valence-electron chi connectivity index (χ0n) is 7.74. The average molecular weight is 180 g/mol. The molecule has 0 radical (unpaired) electrons. The molecule has 70 valence electrons. The minimum atomic E-state index is 0.0100. The van der Waals surface area contributed by atoms with Gasteiger partial charge in [-0.25, -0.2) is 0 Å². The summed E-state index contributed by atoms with van der Waals surface area (Å²) in [5.74, 6) is 1.46. The van der Waals surface area contributed by atoms with E-state index in [0.29, 0.717) is 5.75 Å². The van der Waals surface area contributed by atoms with Crippen LogP contribution in [0, 0.1) is 0 Å². The maximum absolute atomic E-state index is 10.6. The monoisotopic (exact) mass is 180 g/mol. The predicted octanol–water partition coefficient (Wildman–Crippen LogP) is 1.66. The highest BCUT2D eigenvalue weighted by Gasteiger charge is 1.96. The molecule has 0 atom stereocenters. The molecule has 0 unspecified atom stereocenters. The molecule has 0 saturated carbocycles. The summed E-state index contributed by atoms with van der Waals surface area (Å²) in [4.78, 5) is 10.6. The van der Waals surface area contributed by atoms with Gasteiger partial charge in [0, 0.05) is 0 Å². The predicted molar refractivity (Wildman–Crippen MR) is 49.2 cm³/mol. The number of Topliss-reactive ketones (excluding diaryl/α,β-unsaturated/α-hetero) is 1. The molecule has 0 aliphatic carbocycles. The third-order valence-corrected chi connectivity index (χ3v) is 1.50. The van der Waals surface area contributed by atoms with Crippen molar-refractivity contribution >= 4 is 5.78 Å². The maximum atomic E-state index is 10.6. The number of methoxy groups -OCH3 is 1. The van der Waals surface area contributed by atoms with Crippen LogP contribution in [0.15, 0.2) is 24.3 Å². The van der Waals surface area contributed by atoms with E-state index < -0.39 is 0 Å². The second-order valence-electron chi connectivity index (χ2n) is 2.67. The van der Waals surface area contributed by atoms with Crippen molar-refractivity contribution in [1.82, 2.24) is 0 Å². The van der Waals surface area contributed by atoms with Crippen molar-refractivity contribution < 1.29 is 14.3 Å². The van der Waals surface area contributed by atoms with Gasteiger partial charge in [0.25, 0.3) is 0 Å². The average Bonchev–Trinajstić information content (AvgIpc) is 2.15. The van der Waals surface area contributed by atoms with Crippen molar-refractivity contribution in [3.63, 3.8) is 0 Å². The van der Waals surface area contributed by atoms with Crippen LogP contribution in [0.5, 0.6) is 11.5 Å². The third kappa shape index (κ3) is 3.15. The van der Waals surface area contributed by atoms with E-state index in [1.165, 1.54) is 6.92 Å². The number of ether oxygens (including phenoxy) is 2. The highest BCUT2D eigenvalue weighted by Crippen LogP contribution is 2.16. The van der Waals surface area contributed by atoms with Crippen LogP contribution in [-0.2, 0) is 4.79 Å². The Kier molecular flexibility index (Phi) is 3.31. The van der Waals surface area contributed by atoms with Crippen LogP contribution in [0.3, 0.4) is 0 Å². The van der Waals surface area contributed by atoms with Crippen molar-refractivity contribution in [1.29, 1.82) is 0 Å². The van der Waals surface area contributed by atoms with Crippen LogP contribution >= 0.6 is 0 Å². The molecular formula is C10H12O3. The molecule has 3 heteroatoms. The summed E-state index contributed by atoms with van der Waals surface area (Å²) in [6.45, 7) is 1.61. The standard InChI is InChI=1S/C10H12O3/c1-8(11)7-13-10-5-3-9(12-2)4-6-10/h3-6H,7H2,1-2H3. The molecule has 0 fully saturated rings. The van der Waals surface area contributed by atoms with Gasteiger partial charge in [-0.3, -0.25) is 4.79 Å². The summed E-state index contributed by atoms with van der Waals surface area (Å²) >= 11 is 0. The Balaban J connectivity index is 2.54. The highest BCUT2D eigenvalue weighted by molar-refractivity contribution is 5.77. The largest absolute Gasteiger partial charge is 0.497 e. The van der Waals surface area contributed by atoms with E-state index in [9.17, 15) is 4.79 Å². The number of carbonyl (C=O) groups is 1. The van der Waals surface area contributed by atoms with Crippen molar-refractivity contribution in [2.24, 2.45) is 0 Å². The fourth-order valence-corrected chi connectivity index (χ4v) is 0.857. The summed E-state index contributed by atoms with van der Waals surface area (Å²) in [5.41, 5.74) is 0. The molecular weight excluding hydrogens is 168 g/mol. The van der Waals surface area contributed by atoms with Crippen LogP contribution in [0.25, 0.3) is 0 Å². The molecule has 13 heavy (non-hydrogen) atoms. The third-order valence-electron chi connectivity index (χ3n) is 1.50. The van der Waals surface area contributed by atoms with Gasteiger partial charge in [-0.15, -0.1) is 0 Å². The molecule has 1 aromatic rings. The zero-order valence-corrected chi connectivity index (χ0v) is 7.74. The van der Waals surface area contributed by atoms with E-state index in [2.05, 4.69) is 0 Å². The first-order valence-corrected chi connectivity index (χ1v) is 3.98. The summed E-state index contributed by atoms with van der Waals surface area (Å²) < 4.78 is 10.1. The number of benzene rings is 1. The van der Waals surface area contributed by atoms with E-state index in [1.807, 2.05) is 0 Å². The second kappa shape index (κ2) is 4.50. The number of ketones is 1. The van der Waals surface area contributed by atoms with E-state index in [4.69, 9.17) is 9.47 Å². The van der Waals surface area contributed by atoms with E-state index in [1.54, 1.807) is 31.4 Å². The van der Waals surface area contributed by atoms with Gasteiger partial charge in [0.2, 0.25) is 0 Å². The number of hydrogen-bond donors (Lipinski definition) is 0. The summed E-state index contributed by atoms with van der Waals surface area (Å²) in [6.07, 6.45) is 0. The minimum Gasteiger partial charge on any atom is -0.497 e. The smallest absolute Gasteiger partial charge is 0.167 e. The molecule has 0 aliphatic rings. The van der Waals surface area contributed by atoms with Gasteiger partial charge in [-0.05, 0) is 31.2 Å². The van der Waals surface area contributed by atoms with Gasteiger partial charge in [0.1, 0.15) is 18.1 Å². The summed E-state index contributed by atoms with van der Waals surface area (Å²) in [6, 6.07) is 7.11. The number of hydrogen-bond acceptors (Lipinski definition) is 3. The Morgan fingerprint density at radius 3 is 2.23 bits per heavy atom. The van der Waals surface area contributed by atoms with Crippen LogP contribution in [-0.4, -0.2) is 19.5 Å². The normalized spacial score (nSPS) is 9.38. The van der Waals surface area contributed by atoms with Crippen molar-refractivity contribution in [3.05, 3.63) is 24.3 Å². The van der Waals surface area contributed by atoms with Crippen molar-refractivity contribution in [3.8, 4) is 11.5 Å². The lowest BCUT2D eigenvalue weighted by atomic mass is 10.3. The van der Waals surface area contributed by atoms with Crippen LogP contribution in [0.1, 0.15) is 6.92 Å². The molecule has 1 aromatic carbocycles. The molecule has 3 nitrogen and oxygen atoms in total. The lowest BCUT2D eigenvalue weighted by Gasteiger charge is -2.04. The van der Waals surface area contributed by atoms with E-state index in [0.717, 1.165) is 5.75 Å². The van der Waals surface area contributed by atoms with Crippen LogP contribution < -0.4 is 9.47 Å². The SMILES string of the molecule is COc1ccc(OCC(C)=O)cc1. The molecule has 0 amide bonds. The minimum absolute atomic E-state index is 0.0100. The Morgan fingerprint density at radius 1 is 1.23 bits per heavy atom. The number of carbonyl (C=O) groups excluding carboxylic acids is 1. The number of rotatable bonds is 4. The first kappa shape index (κ1) is 9.58. The fraction of sp³-hybridized carbons (Fsp3) is 0.300. The molecule has 0 aromatic heterocycles. The second-order valence-corrected chi connectivity index (χ2v) is 2.67. The Hall–Kier alpha value is -1.51. The molecule has 1 rings (SSSR count). The topological polar surface area (TPSA) is 35.5 Å². The first-order chi connectivity index (χ1) is 6.22. The molecule has 0 aliphatic heterocycles. The molecule has 0 spiro atoms. The molecule has 0 N–H and O–H groups in total. The van der Waals surface area contributed by atoms with Crippen LogP contribution in [0.4, 0.5) is 0 Å². The Bertz CT molecular complexity index is 277. The summed E-state index contributed by atoms with van der Waals surface area (Å²) in [7, 11) is 1.60. The first-order valence-electron chi connectivity index (χ1n) is 3.98. The Morgan fingerprint density at radius 2 is 1.77 bits per heavy atom. The van der Waals surface area contributed by atoms with Crippen molar-refractivity contribution in [2.45, 2.75) is 6.92 Å². The van der Waals surface area contributed by atoms with Gasteiger partial charge in [0.05, 0.1) is 7.11 Å². The Labute approximate surface area is 77.3 Å². The van der Waals surface area contributed by atoms with Crippen LogP contribution in [0.2, 0.25) is 0 Å². The molecule has 0 bridgehead atoms. The quantitative estimate of drug-likeness (QED) is 0.707. The van der Waals surface area contributed by atoms with E-state index in [-0.39, 0.29) is 12.4 Å². The highest BCUT2D eigenvalue weighted by atomic mass is 16.5. The zero-order chi connectivity index (χ0) is 9.68. The molecule has 0 heterocycles. The van der Waals surface area contributed by atoms with Gasteiger partial charge in [-0.2, -0.15) is 0 Å². The van der Waals surface area contributed by atoms with Crippen molar-refractivity contribution in [2.75, 3.05) is 13.7 Å². The maximum Gasteiger partial charge on any atom is 0.167 e. The lowest BCUT2D eigenvalue weighted by molar-refractivity contribution is -0.118.